The van der Waals surface area contributed by atoms with Crippen molar-refractivity contribution in [2.75, 3.05) is 0 Å². The lowest BCUT2D eigenvalue weighted by molar-refractivity contribution is 0.137. The summed E-state index contributed by atoms with van der Waals surface area (Å²) in [4.78, 5) is 8.56. The van der Waals surface area contributed by atoms with Crippen LogP contribution in [0.5, 0.6) is 0 Å². The third-order valence-electron chi connectivity index (χ3n) is 0. The van der Waals surface area contributed by atoms with Crippen LogP contribution in [0.2, 0.25) is 0 Å². The molecule has 0 bridgehead atoms. The van der Waals surface area contributed by atoms with E-state index >= 15 is 0 Å². The molecule has 0 aliphatic carbocycles. The van der Waals surface area contributed by atoms with Crippen LogP contribution in [0.4, 0.5) is 4.79 Å². The van der Waals surface area contributed by atoms with E-state index in [1.165, 1.54) is 0 Å². The van der Waals surface area contributed by atoms with Gasteiger partial charge in [0.25, 0.3) is 0 Å². The molecule has 0 aromatic carbocycles. The second-order valence-electron chi connectivity index (χ2n) is 0.691. The topological polar surface area (TPSA) is 128 Å². The molecule has 0 saturated carbocycles. The zero-order chi connectivity index (χ0) is 6.28. The molecule has 0 aromatic rings. The van der Waals surface area contributed by atoms with E-state index in [0.29, 0.717) is 0 Å². The van der Waals surface area contributed by atoms with Crippen molar-refractivity contribution in [2.45, 2.75) is 6.92 Å². The first kappa shape index (κ1) is 24.7. The highest BCUT2D eigenvalue weighted by Gasteiger charge is 1.70. The van der Waals surface area contributed by atoms with Crippen LogP contribution in [-0.4, -0.2) is 16.4 Å². The molecule has 0 aliphatic rings. The number of hydrogen-bond acceptors (Lipinski definition) is 3. The van der Waals surface area contributed by atoms with Gasteiger partial charge in [0.15, 0.2) is 0 Å². The van der Waals surface area contributed by atoms with Gasteiger partial charge in [-0.25, -0.2) is 4.79 Å². The van der Waals surface area contributed by atoms with Gasteiger partial charge in [-0.15, -0.1) is 6.58 Å². The molecule has 0 radical (unpaired) electrons. The van der Waals surface area contributed by atoms with Gasteiger partial charge in [0.1, 0.15) is 0 Å². The predicted molar refractivity (Wildman–Crippen MR) is 36.6 cm³/mol. The standard InChI is InChI=1S/C3H6.CH2O3.2H3N/c1-3-2;2-1(3)4;;/h3H,1H2,2H3;(H2,2,3,4);2*1H3. The Morgan fingerprint density at radius 3 is 1.44 bits per heavy atom. The number of carboxylic acid groups (broad SMARTS) is 2. The van der Waals surface area contributed by atoms with E-state index in [9.17, 15) is 0 Å². The fourth-order valence-corrected chi connectivity index (χ4v) is 0. The van der Waals surface area contributed by atoms with Crippen molar-refractivity contribution in [3.63, 3.8) is 0 Å². The van der Waals surface area contributed by atoms with Crippen molar-refractivity contribution in [1.82, 2.24) is 12.3 Å². The minimum Gasteiger partial charge on any atom is -0.450 e. The van der Waals surface area contributed by atoms with Gasteiger partial charge in [0.2, 0.25) is 0 Å². The van der Waals surface area contributed by atoms with Gasteiger partial charge in [0, 0.05) is 0 Å². The van der Waals surface area contributed by atoms with E-state index in [1.54, 1.807) is 6.08 Å². The number of hydrogen-bond donors (Lipinski definition) is 4. The van der Waals surface area contributed by atoms with Gasteiger partial charge in [-0.2, -0.15) is 0 Å². The highest BCUT2D eigenvalue weighted by molar-refractivity contribution is 5.53. The quantitative estimate of drug-likeness (QED) is 0.379. The summed E-state index contributed by atoms with van der Waals surface area (Å²) in [5.74, 6) is 0. The van der Waals surface area contributed by atoms with E-state index in [2.05, 4.69) is 6.58 Å². The SMILES string of the molecule is C=CC.N.N.O=C(O)O. The van der Waals surface area contributed by atoms with E-state index in [0.717, 1.165) is 0 Å². The number of carbonyl (C=O) groups is 1. The van der Waals surface area contributed by atoms with Crippen LogP contribution in [0.1, 0.15) is 6.92 Å². The van der Waals surface area contributed by atoms with Crippen LogP contribution >= 0.6 is 0 Å². The molecule has 0 spiro atoms. The number of allylic oxidation sites excluding steroid dienone is 1. The fraction of sp³-hybridized carbons (Fsp3) is 0.250. The fourth-order valence-electron chi connectivity index (χ4n) is 0. The van der Waals surface area contributed by atoms with Crippen LogP contribution in [0.3, 0.4) is 0 Å². The summed E-state index contributed by atoms with van der Waals surface area (Å²) in [6, 6.07) is 0. The summed E-state index contributed by atoms with van der Waals surface area (Å²) in [6.07, 6.45) is -0.0833. The maximum Gasteiger partial charge on any atom is 0.503 e. The van der Waals surface area contributed by atoms with E-state index < -0.39 is 6.16 Å². The van der Waals surface area contributed by atoms with Crippen LogP contribution < -0.4 is 12.3 Å². The monoisotopic (exact) mass is 138 g/mol. The summed E-state index contributed by atoms with van der Waals surface area (Å²) >= 11 is 0. The third kappa shape index (κ3) is 147. The van der Waals surface area contributed by atoms with Gasteiger partial charge < -0.3 is 22.5 Å². The molecule has 8 N–H and O–H groups in total. The molecule has 5 heteroatoms. The molecule has 0 atom stereocenters. The summed E-state index contributed by atoms with van der Waals surface area (Å²) < 4.78 is 0. The summed E-state index contributed by atoms with van der Waals surface area (Å²) in [5.41, 5.74) is 0. The Hall–Kier alpha value is -1.07. The molecule has 0 aromatic heterocycles. The lowest BCUT2D eigenvalue weighted by atomic mass is 10.8. The molecule has 0 fully saturated rings. The van der Waals surface area contributed by atoms with E-state index in [-0.39, 0.29) is 12.3 Å². The molecule has 0 rings (SSSR count). The molecule has 0 heterocycles. The van der Waals surface area contributed by atoms with Gasteiger partial charge in [-0.05, 0) is 6.92 Å². The maximum absolute atomic E-state index is 8.56. The maximum atomic E-state index is 8.56. The molecule has 9 heavy (non-hydrogen) atoms. The normalized spacial score (nSPS) is 4.11. The Morgan fingerprint density at radius 1 is 1.44 bits per heavy atom. The molecule has 0 amide bonds. The minimum absolute atomic E-state index is 0. The van der Waals surface area contributed by atoms with Gasteiger partial charge in [-0.3, -0.25) is 0 Å². The van der Waals surface area contributed by atoms with Gasteiger partial charge in [0.05, 0.1) is 0 Å². The van der Waals surface area contributed by atoms with Crippen LogP contribution in [-0.2, 0) is 0 Å². The van der Waals surface area contributed by atoms with Crippen molar-refractivity contribution in [2.24, 2.45) is 0 Å². The summed E-state index contributed by atoms with van der Waals surface area (Å²) in [5, 5.41) is 13.9. The molecule has 0 unspecified atom stereocenters. The van der Waals surface area contributed by atoms with E-state index in [1.807, 2.05) is 6.92 Å². The summed E-state index contributed by atoms with van der Waals surface area (Å²) in [6.45, 7) is 5.25. The zero-order valence-electron chi connectivity index (χ0n) is 5.50. The summed E-state index contributed by atoms with van der Waals surface area (Å²) in [7, 11) is 0. The van der Waals surface area contributed by atoms with Crippen molar-refractivity contribution < 1.29 is 15.0 Å². The van der Waals surface area contributed by atoms with Crippen LogP contribution in [0.25, 0.3) is 0 Å². The molecular formula is C4H14N2O3. The highest BCUT2D eigenvalue weighted by Crippen LogP contribution is 1.42. The first-order valence-corrected chi connectivity index (χ1v) is 1.64. The Kier molecular flexibility index (Phi) is 77.8. The third-order valence-corrected chi connectivity index (χ3v) is 0. The smallest absolute Gasteiger partial charge is 0.450 e. The van der Waals surface area contributed by atoms with Gasteiger partial charge >= 0.3 is 6.16 Å². The minimum atomic E-state index is -1.83. The lowest BCUT2D eigenvalue weighted by Gasteiger charge is -1.60. The second-order valence-corrected chi connectivity index (χ2v) is 0.691. The van der Waals surface area contributed by atoms with Crippen molar-refractivity contribution in [3.05, 3.63) is 12.7 Å². The lowest BCUT2D eigenvalue weighted by Crippen LogP contribution is -1.81. The average Bonchev–Trinajstić information content (AvgIpc) is 1.33. The molecule has 0 saturated heterocycles. The predicted octanol–water partition coefficient (Wildman–Crippen LogP) is 1.74. The van der Waals surface area contributed by atoms with Crippen LogP contribution in [0, 0.1) is 0 Å². The van der Waals surface area contributed by atoms with Crippen molar-refractivity contribution >= 4 is 6.16 Å². The first-order chi connectivity index (χ1) is 3.15. The average molecular weight is 138 g/mol. The van der Waals surface area contributed by atoms with Crippen LogP contribution in [0.15, 0.2) is 12.7 Å². The number of rotatable bonds is 0. The molecule has 5 nitrogen and oxygen atoms in total. The molecular weight excluding hydrogens is 124 g/mol. The zero-order valence-corrected chi connectivity index (χ0v) is 5.50. The Morgan fingerprint density at radius 2 is 1.44 bits per heavy atom. The van der Waals surface area contributed by atoms with Crippen molar-refractivity contribution in [1.29, 1.82) is 0 Å². The van der Waals surface area contributed by atoms with Gasteiger partial charge in [-0.1, -0.05) is 6.08 Å². The second kappa shape index (κ2) is 28.4. The van der Waals surface area contributed by atoms with Crippen molar-refractivity contribution in [3.8, 4) is 0 Å². The largest absolute Gasteiger partial charge is 0.503 e. The Balaban J connectivity index is -0.0000000233. The Labute approximate surface area is 54.2 Å². The van der Waals surface area contributed by atoms with E-state index in [4.69, 9.17) is 15.0 Å². The molecule has 58 valence electrons. The Bertz CT molecular complexity index is 60.8. The first-order valence-electron chi connectivity index (χ1n) is 1.64. The molecule has 0 aliphatic heterocycles. The highest BCUT2D eigenvalue weighted by atomic mass is 16.6.